The molecule has 0 aliphatic carbocycles. The normalized spacial score (nSPS) is 11.2. The first-order valence-electron chi connectivity index (χ1n) is 5.24. The fourth-order valence-corrected chi connectivity index (χ4v) is 1.29. The summed E-state index contributed by atoms with van der Waals surface area (Å²) in [4.78, 5) is 14.8. The lowest BCUT2D eigenvalue weighted by Crippen LogP contribution is -2.26. The largest absolute Gasteiger partial charge is 0.350 e. The van der Waals surface area contributed by atoms with Crippen LogP contribution in [-0.2, 0) is 6.42 Å². The summed E-state index contributed by atoms with van der Waals surface area (Å²) in [5.74, 6) is 0. The van der Waals surface area contributed by atoms with Gasteiger partial charge in [0.05, 0.1) is 11.4 Å². The van der Waals surface area contributed by atoms with Crippen LogP contribution in [0, 0.1) is 0 Å². The van der Waals surface area contributed by atoms with Crippen LogP contribution in [0.4, 0.5) is 4.79 Å². The molecule has 0 aliphatic rings. The lowest BCUT2D eigenvalue weighted by Gasteiger charge is -2.04. The van der Waals surface area contributed by atoms with Crippen molar-refractivity contribution in [2.75, 3.05) is 0 Å². The van der Waals surface area contributed by atoms with Crippen molar-refractivity contribution < 1.29 is 4.79 Å². The maximum absolute atomic E-state index is 10.6. The number of nitrogens with zero attached hydrogens (tertiary/aromatic N) is 2. The molecule has 0 saturated carbocycles. The van der Waals surface area contributed by atoms with Gasteiger partial charge in [0, 0.05) is 6.20 Å². The molecule has 1 aromatic heterocycles. The molecule has 0 radical (unpaired) electrons. The third-order valence-corrected chi connectivity index (χ3v) is 2.16. The fourth-order valence-electron chi connectivity index (χ4n) is 1.29. The molecule has 0 unspecified atom stereocenters. The van der Waals surface area contributed by atoms with Crippen molar-refractivity contribution in [2.24, 2.45) is 10.8 Å². The fraction of sp³-hybridized carbons (Fsp3) is 0.364. The van der Waals surface area contributed by atoms with Gasteiger partial charge in [-0.2, -0.15) is 5.10 Å². The molecule has 0 aliphatic heterocycles. The summed E-state index contributed by atoms with van der Waals surface area (Å²) in [6.45, 7) is 4.02. The third-order valence-electron chi connectivity index (χ3n) is 2.16. The molecule has 1 heterocycles. The molecule has 1 aromatic rings. The second kappa shape index (κ2) is 5.85. The summed E-state index contributed by atoms with van der Waals surface area (Å²) in [5.41, 5.74) is 9.85. The molecule has 0 aromatic carbocycles. The lowest BCUT2D eigenvalue weighted by atomic mass is 10.1. The van der Waals surface area contributed by atoms with E-state index in [4.69, 9.17) is 5.73 Å². The van der Waals surface area contributed by atoms with Crippen molar-refractivity contribution in [3.63, 3.8) is 0 Å². The Labute approximate surface area is 94.8 Å². The highest BCUT2D eigenvalue weighted by atomic mass is 16.2. The van der Waals surface area contributed by atoms with E-state index in [-0.39, 0.29) is 0 Å². The number of pyridine rings is 1. The van der Waals surface area contributed by atoms with Crippen LogP contribution in [-0.4, -0.2) is 16.7 Å². The zero-order valence-electron chi connectivity index (χ0n) is 9.53. The maximum atomic E-state index is 10.6. The number of nitrogens with one attached hydrogen (secondary N) is 1. The Morgan fingerprint density at radius 1 is 1.56 bits per heavy atom. The number of aromatic nitrogens is 1. The first-order chi connectivity index (χ1) is 7.67. The van der Waals surface area contributed by atoms with E-state index in [1.54, 1.807) is 6.20 Å². The molecule has 3 N–H and O–H groups in total. The Balaban J connectivity index is 2.94. The van der Waals surface area contributed by atoms with Crippen LogP contribution in [0.5, 0.6) is 0 Å². The molecule has 2 amide bonds. The second-order valence-corrected chi connectivity index (χ2v) is 3.29. The van der Waals surface area contributed by atoms with Gasteiger partial charge in [-0.25, -0.2) is 10.2 Å². The summed E-state index contributed by atoms with van der Waals surface area (Å²) in [7, 11) is 0. The van der Waals surface area contributed by atoms with Gasteiger partial charge < -0.3 is 5.73 Å². The van der Waals surface area contributed by atoms with Gasteiger partial charge in [0.2, 0.25) is 0 Å². The molecule has 1 rings (SSSR count). The number of hydrogen-bond acceptors (Lipinski definition) is 3. The van der Waals surface area contributed by atoms with Crippen molar-refractivity contribution in [3.05, 3.63) is 29.6 Å². The standard InChI is InChI=1S/C11H16N4O/c1-3-8-5-6-13-10(7-8)9(4-2)14-15-11(12)16/h5-7H,3-4H2,1-2H3,(H3,12,15,16)/b14-9+. The van der Waals surface area contributed by atoms with E-state index in [1.165, 1.54) is 5.56 Å². The number of hydrazone groups is 1. The third kappa shape index (κ3) is 3.34. The van der Waals surface area contributed by atoms with Crippen LogP contribution in [0.15, 0.2) is 23.4 Å². The second-order valence-electron chi connectivity index (χ2n) is 3.29. The number of carbonyl (C=O) groups excluding carboxylic acids is 1. The number of aryl methyl sites for hydroxylation is 1. The number of amides is 2. The minimum atomic E-state index is -0.669. The molecule has 0 spiro atoms. The van der Waals surface area contributed by atoms with Gasteiger partial charge in [-0.3, -0.25) is 4.98 Å². The average molecular weight is 220 g/mol. The number of carbonyl (C=O) groups is 1. The molecular weight excluding hydrogens is 204 g/mol. The van der Waals surface area contributed by atoms with Crippen molar-refractivity contribution >= 4 is 11.7 Å². The summed E-state index contributed by atoms with van der Waals surface area (Å²) in [5, 5.41) is 3.92. The molecule has 5 heteroatoms. The monoisotopic (exact) mass is 220 g/mol. The Bertz CT molecular complexity index is 401. The van der Waals surface area contributed by atoms with Crippen LogP contribution < -0.4 is 11.2 Å². The topological polar surface area (TPSA) is 80.4 Å². The van der Waals surface area contributed by atoms with Crippen molar-refractivity contribution in [1.82, 2.24) is 10.4 Å². The van der Waals surface area contributed by atoms with E-state index in [2.05, 4.69) is 22.4 Å². The molecule has 0 bridgehead atoms. The van der Waals surface area contributed by atoms with Gasteiger partial charge in [0.1, 0.15) is 0 Å². The number of rotatable bonds is 4. The molecular formula is C11H16N4O. The molecule has 0 saturated heterocycles. The summed E-state index contributed by atoms with van der Waals surface area (Å²) in [6.07, 6.45) is 3.36. The Kier molecular flexibility index (Phi) is 4.44. The predicted molar refractivity (Wildman–Crippen MR) is 63.2 cm³/mol. The molecule has 0 fully saturated rings. The molecule has 86 valence electrons. The van der Waals surface area contributed by atoms with Crippen LogP contribution >= 0.6 is 0 Å². The highest BCUT2D eigenvalue weighted by Crippen LogP contribution is 2.05. The number of hydrogen-bond donors (Lipinski definition) is 2. The van der Waals surface area contributed by atoms with Gasteiger partial charge in [0.25, 0.3) is 0 Å². The van der Waals surface area contributed by atoms with E-state index >= 15 is 0 Å². The highest BCUT2D eigenvalue weighted by molar-refractivity contribution is 5.99. The number of nitrogens with two attached hydrogens (primary N) is 1. The van der Waals surface area contributed by atoms with E-state index in [0.717, 1.165) is 12.1 Å². The first-order valence-corrected chi connectivity index (χ1v) is 5.24. The quantitative estimate of drug-likeness (QED) is 0.594. The van der Waals surface area contributed by atoms with Gasteiger partial charge in [-0.1, -0.05) is 13.8 Å². The summed E-state index contributed by atoms with van der Waals surface area (Å²) in [6, 6.07) is 3.25. The first kappa shape index (κ1) is 12.2. The van der Waals surface area contributed by atoms with Crippen LogP contribution in [0.1, 0.15) is 31.5 Å². The van der Waals surface area contributed by atoms with Crippen LogP contribution in [0.25, 0.3) is 0 Å². The summed E-state index contributed by atoms with van der Waals surface area (Å²) >= 11 is 0. The molecule has 16 heavy (non-hydrogen) atoms. The van der Waals surface area contributed by atoms with E-state index in [1.807, 2.05) is 19.1 Å². The molecule has 5 nitrogen and oxygen atoms in total. The van der Waals surface area contributed by atoms with Gasteiger partial charge in [0.15, 0.2) is 0 Å². The van der Waals surface area contributed by atoms with Gasteiger partial charge in [-0.05, 0) is 30.5 Å². The number of urea groups is 1. The Morgan fingerprint density at radius 2 is 2.31 bits per heavy atom. The Hall–Kier alpha value is -1.91. The SMILES string of the molecule is CC/C(=N\NC(N)=O)c1cc(CC)ccn1. The minimum Gasteiger partial charge on any atom is -0.350 e. The van der Waals surface area contributed by atoms with E-state index in [0.29, 0.717) is 12.1 Å². The van der Waals surface area contributed by atoms with Crippen molar-refractivity contribution in [2.45, 2.75) is 26.7 Å². The summed E-state index contributed by atoms with van der Waals surface area (Å²) < 4.78 is 0. The van der Waals surface area contributed by atoms with Gasteiger partial charge >= 0.3 is 6.03 Å². The minimum absolute atomic E-state index is 0.669. The predicted octanol–water partition coefficient (Wildman–Crippen LogP) is 1.43. The number of primary amides is 1. The maximum Gasteiger partial charge on any atom is 0.332 e. The molecule has 0 atom stereocenters. The van der Waals surface area contributed by atoms with Crippen LogP contribution in [0.2, 0.25) is 0 Å². The van der Waals surface area contributed by atoms with Gasteiger partial charge in [-0.15, -0.1) is 0 Å². The zero-order chi connectivity index (χ0) is 12.0. The van der Waals surface area contributed by atoms with E-state index in [9.17, 15) is 4.79 Å². The van der Waals surface area contributed by atoms with Crippen molar-refractivity contribution in [3.8, 4) is 0 Å². The smallest absolute Gasteiger partial charge is 0.332 e. The zero-order valence-corrected chi connectivity index (χ0v) is 9.53. The van der Waals surface area contributed by atoms with E-state index < -0.39 is 6.03 Å². The Morgan fingerprint density at radius 3 is 2.88 bits per heavy atom. The average Bonchev–Trinajstić information content (AvgIpc) is 2.30. The van der Waals surface area contributed by atoms with Crippen LogP contribution in [0.3, 0.4) is 0 Å². The highest BCUT2D eigenvalue weighted by Gasteiger charge is 2.04. The lowest BCUT2D eigenvalue weighted by molar-refractivity contribution is 0.249. The van der Waals surface area contributed by atoms with Crippen molar-refractivity contribution in [1.29, 1.82) is 0 Å².